The number of hydrogen-bond acceptors (Lipinski definition) is 4. The van der Waals surface area contributed by atoms with Gasteiger partial charge in [-0.25, -0.2) is 8.42 Å². The van der Waals surface area contributed by atoms with Crippen LogP contribution in [0.4, 0.5) is 5.69 Å². The maximum atomic E-state index is 12.5. The van der Waals surface area contributed by atoms with E-state index in [2.05, 4.69) is 0 Å². The van der Waals surface area contributed by atoms with Gasteiger partial charge in [0.2, 0.25) is 10.0 Å². The number of anilines is 1. The van der Waals surface area contributed by atoms with E-state index in [-0.39, 0.29) is 24.1 Å². The van der Waals surface area contributed by atoms with E-state index in [1.807, 2.05) is 0 Å². The summed E-state index contributed by atoms with van der Waals surface area (Å²) in [5.41, 5.74) is 6.81. The van der Waals surface area contributed by atoms with Crippen LogP contribution in [0.25, 0.3) is 0 Å². The molecule has 1 aliphatic carbocycles. The third-order valence-corrected chi connectivity index (χ3v) is 5.17. The molecule has 0 bridgehead atoms. The Labute approximate surface area is 107 Å². The third kappa shape index (κ3) is 2.50. The highest BCUT2D eigenvalue weighted by atomic mass is 32.2. The fraction of sp³-hybridized carbons (Fsp3) is 0.500. The maximum Gasteiger partial charge on any atom is 0.243 e. The number of hydrogen-bond donors (Lipinski definition) is 2. The molecule has 0 atom stereocenters. The van der Waals surface area contributed by atoms with Gasteiger partial charge in [-0.1, -0.05) is 0 Å². The van der Waals surface area contributed by atoms with Crippen LogP contribution < -0.4 is 5.73 Å². The molecule has 1 aliphatic rings. The van der Waals surface area contributed by atoms with Gasteiger partial charge in [0.15, 0.2) is 0 Å². The molecule has 0 spiro atoms. The van der Waals surface area contributed by atoms with Gasteiger partial charge in [0.1, 0.15) is 0 Å². The lowest BCUT2D eigenvalue weighted by atomic mass is 10.2. The standard InChI is InChI=1S/C12H18N2O3S/c1-9-8-10(13)2-5-12(9)18(16,17)14(6-7-15)11-3-4-11/h2,5,8,11,15H,3-4,6-7,13H2,1H3. The highest BCUT2D eigenvalue weighted by molar-refractivity contribution is 7.89. The van der Waals surface area contributed by atoms with Crippen molar-refractivity contribution >= 4 is 15.7 Å². The monoisotopic (exact) mass is 270 g/mol. The molecule has 5 nitrogen and oxygen atoms in total. The number of nitrogens with zero attached hydrogens (tertiary/aromatic N) is 1. The smallest absolute Gasteiger partial charge is 0.243 e. The van der Waals surface area contributed by atoms with Gasteiger partial charge in [-0.3, -0.25) is 0 Å². The summed E-state index contributed by atoms with van der Waals surface area (Å²) in [6, 6.07) is 4.81. The minimum absolute atomic E-state index is 0.0408. The van der Waals surface area contributed by atoms with Crippen LogP contribution >= 0.6 is 0 Å². The first-order chi connectivity index (χ1) is 8.46. The van der Waals surface area contributed by atoms with Crippen molar-refractivity contribution in [3.05, 3.63) is 23.8 Å². The molecule has 18 heavy (non-hydrogen) atoms. The van der Waals surface area contributed by atoms with Crippen molar-refractivity contribution in [2.75, 3.05) is 18.9 Å². The van der Waals surface area contributed by atoms with Gasteiger partial charge in [-0.05, 0) is 43.5 Å². The molecule has 0 unspecified atom stereocenters. The Hall–Kier alpha value is -1.11. The van der Waals surface area contributed by atoms with Gasteiger partial charge in [0.05, 0.1) is 11.5 Å². The molecule has 0 radical (unpaired) electrons. The zero-order valence-corrected chi connectivity index (χ0v) is 11.2. The third-order valence-electron chi connectivity index (χ3n) is 3.06. The lowest BCUT2D eigenvalue weighted by molar-refractivity contribution is 0.250. The highest BCUT2D eigenvalue weighted by Crippen LogP contribution is 2.32. The van der Waals surface area contributed by atoms with Gasteiger partial charge in [-0.2, -0.15) is 4.31 Å². The number of rotatable bonds is 5. The van der Waals surface area contributed by atoms with Gasteiger partial charge < -0.3 is 10.8 Å². The Balaban J connectivity index is 2.39. The second kappa shape index (κ2) is 4.87. The second-order valence-electron chi connectivity index (χ2n) is 4.60. The van der Waals surface area contributed by atoms with Crippen molar-refractivity contribution in [3.8, 4) is 0 Å². The van der Waals surface area contributed by atoms with Crippen LogP contribution in [-0.2, 0) is 10.0 Å². The van der Waals surface area contributed by atoms with Crippen molar-refractivity contribution < 1.29 is 13.5 Å². The Morgan fingerprint density at radius 2 is 2.11 bits per heavy atom. The van der Waals surface area contributed by atoms with E-state index in [0.29, 0.717) is 11.3 Å². The predicted molar refractivity (Wildman–Crippen MR) is 69.6 cm³/mol. The van der Waals surface area contributed by atoms with E-state index < -0.39 is 10.0 Å². The number of aliphatic hydroxyl groups is 1. The Bertz CT molecular complexity index is 538. The molecular weight excluding hydrogens is 252 g/mol. The first kappa shape index (κ1) is 13.3. The first-order valence-corrected chi connectivity index (χ1v) is 7.39. The van der Waals surface area contributed by atoms with Gasteiger partial charge in [0.25, 0.3) is 0 Å². The Kier molecular flexibility index (Phi) is 3.61. The fourth-order valence-electron chi connectivity index (χ4n) is 2.05. The molecule has 0 aliphatic heterocycles. The van der Waals surface area contributed by atoms with Crippen molar-refractivity contribution in [2.24, 2.45) is 0 Å². The van der Waals surface area contributed by atoms with Crippen LogP contribution in [0, 0.1) is 6.92 Å². The number of aryl methyl sites for hydroxylation is 1. The average Bonchev–Trinajstić information content (AvgIpc) is 3.08. The summed E-state index contributed by atoms with van der Waals surface area (Å²) < 4.78 is 26.4. The number of nitrogens with two attached hydrogens (primary N) is 1. The van der Waals surface area contributed by atoms with E-state index in [0.717, 1.165) is 12.8 Å². The number of nitrogen functional groups attached to an aromatic ring is 1. The molecule has 1 saturated carbocycles. The number of aliphatic hydroxyl groups excluding tert-OH is 1. The van der Waals surface area contributed by atoms with E-state index in [9.17, 15) is 8.42 Å². The zero-order chi connectivity index (χ0) is 13.3. The summed E-state index contributed by atoms with van der Waals surface area (Å²) >= 11 is 0. The van der Waals surface area contributed by atoms with Gasteiger partial charge in [-0.15, -0.1) is 0 Å². The Morgan fingerprint density at radius 1 is 1.44 bits per heavy atom. The van der Waals surface area contributed by atoms with Crippen LogP contribution in [0.2, 0.25) is 0 Å². The van der Waals surface area contributed by atoms with E-state index in [1.165, 1.54) is 10.4 Å². The van der Waals surface area contributed by atoms with E-state index in [4.69, 9.17) is 10.8 Å². The van der Waals surface area contributed by atoms with Crippen molar-refractivity contribution in [1.82, 2.24) is 4.31 Å². The van der Waals surface area contributed by atoms with Crippen molar-refractivity contribution in [1.29, 1.82) is 0 Å². The van der Waals surface area contributed by atoms with Crippen molar-refractivity contribution in [3.63, 3.8) is 0 Å². The summed E-state index contributed by atoms with van der Waals surface area (Å²) in [5, 5.41) is 9.01. The van der Waals surface area contributed by atoms with Gasteiger partial charge >= 0.3 is 0 Å². The van der Waals surface area contributed by atoms with E-state index in [1.54, 1.807) is 19.1 Å². The summed E-state index contributed by atoms with van der Waals surface area (Å²) in [5.74, 6) is 0. The minimum atomic E-state index is -3.53. The van der Waals surface area contributed by atoms with Crippen LogP contribution in [-0.4, -0.2) is 37.0 Å². The lowest BCUT2D eigenvalue weighted by Crippen LogP contribution is -2.35. The highest BCUT2D eigenvalue weighted by Gasteiger charge is 2.38. The minimum Gasteiger partial charge on any atom is -0.399 e. The first-order valence-electron chi connectivity index (χ1n) is 5.95. The van der Waals surface area contributed by atoms with Gasteiger partial charge in [0, 0.05) is 18.3 Å². The predicted octanol–water partition coefficient (Wildman–Crippen LogP) is 0.723. The Morgan fingerprint density at radius 3 is 2.61 bits per heavy atom. The van der Waals surface area contributed by atoms with Crippen LogP contribution in [0.5, 0.6) is 0 Å². The number of benzene rings is 1. The summed E-state index contributed by atoms with van der Waals surface area (Å²) in [7, 11) is -3.53. The second-order valence-corrected chi connectivity index (χ2v) is 6.45. The fourth-order valence-corrected chi connectivity index (χ4v) is 3.93. The molecule has 0 aromatic heterocycles. The molecule has 0 amide bonds. The summed E-state index contributed by atoms with van der Waals surface area (Å²) in [6.07, 6.45) is 1.74. The molecular formula is C12H18N2O3S. The molecule has 0 heterocycles. The van der Waals surface area contributed by atoms with Crippen LogP contribution in [0.1, 0.15) is 18.4 Å². The van der Waals surface area contributed by atoms with Crippen LogP contribution in [0.15, 0.2) is 23.1 Å². The summed E-state index contributed by atoms with van der Waals surface area (Å²) in [6.45, 7) is 1.72. The van der Waals surface area contributed by atoms with Crippen LogP contribution in [0.3, 0.4) is 0 Å². The van der Waals surface area contributed by atoms with E-state index >= 15 is 0 Å². The molecule has 0 saturated heterocycles. The summed E-state index contributed by atoms with van der Waals surface area (Å²) in [4.78, 5) is 0.275. The SMILES string of the molecule is Cc1cc(N)ccc1S(=O)(=O)N(CCO)C1CC1. The average molecular weight is 270 g/mol. The number of sulfonamides is 1. The largest absolute Gasteiger partial charge is 0.399 e. The molecule has 100 valence electrons. The quantitative estimate of drug-likeness (QED) is 0.772. The molecule has 1 aromatic carbocycles. The molecule has 6 heteroatoms. The zero-order valence-electron chi connectivity index (χ0n) is 10.3. The normalized spacial score (nSPS) is 16.2. The topological polar surface area (TPSA) is 83.6 Å². The lowest BCUT2D eigenvalue weighted by Gasteiger charge is -2.22. The molecule has 1 aromatic rings. The van der Waals surface area contributed by atoms with Crippen molar-refractivity contribution in [2.45, 2.75) is 30.7 Å². The maximum absolute atomic E-state index is 12.5. The molecule has 2 rings (SSSR count). The molecule has 3 N–H and O–H groups in total. The molecule has 1 fully saturated rings.